The molecular formula is C27H37N3O6. The van der Waals surface area contributed by atoms with E-state index in [2.05, 4.69) is 10.6 Å². The van der Waals surface area contributed by atoms with Gasteiger partial charge >= 0.3 is 0 Å². The van der Waals surface area contributed by atoms with Crippen LogP contribution in [0.2, 0.25) is 0 Å². The zero-order valence-electron chi connectivity index (χ0n) is 21.4. The number of rotatable bonds is 12. The van der Waals surface area contributed by atoms with E-state index in [4.69, 9.17) is 9.94 Å². The molecule has 2 rings (SSSR count). The van der Waals surface area contributed by atoms with Gasteiger partial charge in [-0.3, -0.25) is 19.6 Å². The Labute approximate surface area is 212 Å². The number of ether oxygens (including phenoxy) is 1. The molecule has 36 heavy (non-hydrogen) atoms. The molecule has 196 valence electrons. The molecule has 9 heteroatoms. The third-order valence-electron chi connectivity index (χ3n) is 5.86. The van der Waals surface area contributed by atoms with Crippen LogP contribution in [0.25, 0.3) is 0 Å². The summed E-state index contributed by atoms with van der Waals surface area (Å²) in [6.07, 6.45) is -1.04. The van der Waals surface area contributed by atoms with Gasteiger partial charge < -0.3 is 20.5 Å². The lowest BCUT2D eigenvalue weighted by molar-refractivity contribution is -0.150. The molecule has 0 heterocycles. The van der Waals surface area contributed by atoms with E-state index >= 15 is 0 Å². The number of amides is 3. The first-order valence-electron chi connectivity index (χ1n) is 11.9. The van der Waals surface area contributed by atoms with E-state index in [0.717, 1.165) is 11.1 Å². The van der Waals surface area contributed by atoms with E-state index < -0.39 is 47.4 Å². The Hall–Kier alpha value is -3.27. The highest BCUT2D eigenvalue weighted by Gasteiger charge is 2.40. The molecule has 0 aliphatic rings. The number of benzene rings is 2. The van der Waals surface area contributed by atoms with Gasteiger partial charge in [-0.2, -0.15) is 0 Å². The second-order valence-corrected chi connectivity index (χ2v) is 9.73. The standard InChI is InChI=1S/C27H37N3O6/c1-17(2)16-20(22(36-5)25(32)30-35)24(31)29-23(27(3,4)34)26(33)28-21(18-12-8-6-9-13-18)19-14-10-7-11-15-19/h6-15,17,20-23,34-35H,16H2,1-5H3,(H,28,33)(H,29,31)(H,30,32)/t20-,22+,23-/m1/s1. The zero-order chi connectivity index (χ0) is 26.9. The van der Waals surface area contributed by atoms with Gasteiger partial charge in [0.25, 0.3) is 5.91 Å². The van der Waals surface area contributed by atoms with Gasteiger partial charge in [0, 0.05) is 7.11 Å². The summed E-state index contributed by atoms with van der Waals surface area (Å²) >= 11 is 0. The summed E-state index contributed by atoms with van der Waals surface area (Å²) in [5.41, 5.74) is 1.54. The van der Waals surface area contributed by atoms with Crippen molar-refractivity contribution in [3.8, 4) is 0 Å². The molecule has 0 radical (unpaired) electrons. The molecule has 0 saturated carbocycles. The average molecular weight is 500 g/mol. The SMILES string of the molecule is CO[C@H](C(=O)NO)[C@@H](CC(C)C)C(=O)N[C@H](C(=O)NC(c1ccccc1)c1ccccc1)C(C)(C)O. The number of carbonyl (C=O) groups is 3. The highest BCUT2D eigenvalue weighted by Crippen LogP contribution is 2.24. The molecule has 2 aromatic rings. The Morgan fingerprint density at radius 2 is 1.36 bits per heavy atom. The highest BCUT2D eigenvalue weighted by molar-refractivity contribution is 5.93. The number of aliphatic hydroxyl groups is 1. The molecule has 5 N–H and O–H groups in total. The summed E-state index contributed by atoms with van der Waals surface area (Å²) in [7, 11) is 1.25. The molecule has 3 atom stereocenters. The van der Waals surface area contributed by atoms with E-state index in [1.807, 2.05) is 74.5 Å². The van der Waals surface area contributed by atoms with Gasteiger partial charge in [-0.05, 0) is 37.3 Å². The summed E-state index contributed by atoms with van der Waals surface area (Å²) in [5.74, 6) is -3.15. The molecule has 9 nitrogen and oxygen atoms in total. The number of nitrogens with one attached hydrogen (secondary N) is 3. The van der Waals surface area contributed by atoms with Crippen LogP contribution in [0.1, 0.15) is 51.3 Å². The lowest BCUT2D eigenvalue weighted by Crippen LogP contribution is -2.60. The first kappa shape index (κ1) is 29.0. The molecule has 0 aromatic heterocycles. The van der Waals surface area contributed by atoms with Crippen LogP contribution >= 0.6 is 0 Å². The quantitative estimate of drug-likeness (QED) is 0.225. The van der Waals surface area contributed by atoms with Crippen molar-refractivity contribution < 1.29 is 29.4 Å². The molecule has 0 bridgehead atoms. The van der Waals surface area contributed by atoms with Crippen LogP contribution in [-0.2, 0) is 19.1 Å². The monoisotopic (exact) mass is 499 g/mol. The summed E-state index contributed by atoms with van der Waals surface area (Å²) in [6.45, 7) is 6.58. The number of methoxy groups -OCH3 is 1. The predicted molar refractivity (Wildman–Crippen MR) is 135 cm³/mol. The van der Waals surface area contributed by atoms with Crippen LogP contribution in [0, 0.1) is 11.8 Å². The molecule has 2 aromatic carbocycles. The highest BCUT2D eigenvalue weighted by atomic mass is 16.5. The Balaban J connectivity index is 2.36. The lowest BCUT2D eigenvalue weighted by atomic mass is 9.89. The van der Waals surface area contributed by atoms with E-state index in [1.54, 1.807) is 0 Å². The van der Waals surface area contributed by atoms with E-state index in [-0.39, 0.29) is 12.3 Å². The van der Waals surface area contributed by atoms with Crippen LogP contribution in [-0.4, -0.2) is 52.9 Å². The van der Waals surface area contributed by atoms with E-state index in [0.29, 0.717) is 0 Å². The van der Waals surface area contributed by atoms with Crippen LogP contribution < -0.4 is 16.1 Å². The Morgan fingerprint density at radius 3 is 1.75 bits per heavy atom. The summed E-state index contributed by atoms with van der Waals surface area (Å²) in [5, 5.41) is 25.5. The minimum Gasteiger partial charge on any atom is -0.388 e. The fourth-order valence-electron chi connectivity index (χ4n) is 4.08. The van der Waals surface area contributed by atoms with Crippen LogP contribution in [0.3, 0.4) is 0 Å². The minimum absolute atomic E-state index is 0.000141. The van der Waals surface area contributed by atoms with Gasteiger partial charge in [0.2, 0.25) is 11.8 Å². The van der Waals surface area contributed by atoms with Gasteiger partial charge in [0.1, 0.15) is 12.1 Å². The lowest BCUT2D eigenvalue weighted by Gasteiger charge is -2.33. The molecule has 0 saturated heterocycles. The van der Waals surface area contributed by atoms with Gasteiger partial charge in [-0.1, -0.05) is 74.5 Å². The molecule has 3 amide bonds. The maximum Gasteiger partial charge on any atom is 0.273 e. The van der Waals surface area contributed by atoms with Crippen molar-refractivity contribution in [3.63, 3.8) is 0 Å². The molecule has 0 unspecified atom stereocenters. The first-order chi connectivity index (χ1) is 17.0. The molecule has 0 spiro atoms. The van der Waals surface area contributed by atoms with Crippen molar-refractivity contribution in [3.05, 3.63) is 71.8 Å². The normalized spacial score (nSPS) is 14.1. The number of carbonyl (C=O) groups excluding carboxylic acids is 3. The average Bonchev–Trinajstić information content (AvgIpc) is 2.85. The van der Waals surface area contributed by atoms with Gasteiger partial charge in [0.15, 0.2) is 0 Å². The second-order valence-electron chi connectivity index (χ2n) is 9.73. The predicted octanol–water partition coefficient (Wildman–Crippen LogP) is 2.33. The summed E-state index contributed by atoms with van der Waals surface area (Å²) < 4.78 is 5.20. The molecule has 0 aliphatic heterocycles. The Morgan fingerprint density at radius 1 is 0.861 bits per heavy atom. The minimum atomic E-state index is -1.64. The van der Waals surface area contributed by atoms with E-state index in [1.165, 1.54) is 26.4 Å². The van der Waals surface area contributed by atoms with Crippen LogP contribution in [0.15, 0.2) is 60.7 Å². The fraction of sp³-hybridized carbons (Fsp3) is 0.444. The fourth-order valence-corrected chi connectivity index (χ4v) is 4.08. The topological polar surface area (TPSA) is 137 Å². The molecule has 0 aliphatic carbocycles. The van der Waals surface area contributed by atoms with Gasteiger partial charge in [-0.15, -0.1) is 0 Å². The first-order valence-corrected chi connectivity index (χ1v) is 11.9. The summed E-state index contributed by atoms with van der Waals surface area (Å²) in [6, 6.07) is 16.8. The number of hydrogen-bond acceptors (Lipinski definition) is 6. The van der Waals surface area contributed by atoms with Crippen molar-refractivity contribution in [2.24, 2.45) is 11.8 Å². The van der Waals surface area contributed by atoms with Crippen molar-refractivity contribution in [1.29, 1.82) is 0 Å². The molecule has 0 fully saturated rings. The Kier molecular flexibility index (Phi) is 10.6. The largest absolute Gasteiger partial charge is 0.388 e. The smallest absolute Gasteiger partial charge is 0.273 e. The maximum absolute atomic E-state index is 13.5. The number of hydrogen-bond donors (Lipinski definition) is 5. The third kappa shape index (κ3) is 7.87. The van der Waals surface area contributed by atoms with Crippen LogP contribution in [0.5, 0.6) is 0 Å². The zero-order valence-corrected chi connectivity index (χ0v) is 21.4. The van der Waals surface area contributed by atoms with Gasteiger partial charge in [-0.25, -0.2) is 5.48 Å². The van der Waals surface area contributed by atoms with Gasteiger partial charge in [0.05, 0.1) is 17.6 Å². The second kappa shape index (κ2) is 13.2. The maximum atomic E-state index is 13.5. The van der Waals surface area contributed by atoms with E-state index in [9.17, 15) is 19.5 Å². The third-order valence-corrected chi connectivity index (χ3v) is 5.86. The van der Waals surface area contributed by atoms with Crippen molar-refractivity contribution in [2.45, 2.75) is 57.9 Å². The van der Waals surface area contributed by atoms with Crippen molar-refractivity contribution in [1.82, 2.24) is 16.1 Å². The van der Waals surface area contributed by atoms with Crippen molar-refractivity contribution >= 4 is 17.7 Å². The molecular weight excluding hydrogens is 462 g/mol. The van der Waals surface area contributed by atoms with Crippen LogP contribution in [0.4, 0.5) is 0 Å². The number of hydroxylamine groups is 1. The summed E-state index contributed by atoms with van der Waals surface area (Å²) in [4.78, 5) is 39.0. The van der Waals surface area contributed by atoms with Crippen molar-refractivity contribution in [2.75, 3.05) is 7.11 Å². The Bertz CT molecular complexity index is 952.